The van der Waals surface area contributed by atoms with Crippen molar-refractivity contribution in [2.24, 2.45) is 0 Å². The van der Waals surface area contributed by atoms with Crippen molar-refractivity contribution in [3.8, 4) is 0 Å². The molecule has 0 spiro atoms. The Balaban J connectivity index is 2.06. The van der Waals surface area contributed by atoms with E-state index < -0.39 is 0 Å². The average Bonchev–Trinajstić information content (AvgIpc) is 2.48. The number of benzene rings is 2. The summed E-state index contributed by atoms with van der Waals surface area (Å²) in [4.78, 5) is 11.4. The van der Waals surface area contributed by atoms with E-state index in [0.29, 0.717) is 18.0 Å². The molecular weight excluding hydrogens is 272 g/mol. The van der Waals surface area contributed by atoms with Crippen LogP contribution in [0.2, 0.25) is 5.02 Å². The van der Waals surface area contributed by atoms with Crippen molar-refractivity contribution in [2.45, 2.75) is 19.9 Å². The van der Waals surface area contributed by atoms with E-state index in [1.54, 1.807) is 12.1 Å². The molecule has 2 aromatic rings. The van der Waals surface area contributed by atoms with Gasteiger partial charge in [-0.1, -0.05) is 48.9 Å². The number of anilines is 2. The van der Waals surface area contributed by atoms with E-state index in [2.05, 4.69) is 10.6 Å². The first-order valence-electron chi connectivity index (χ1n) is 6.56. The highest BCUT2D eigenvalue weighted by molar-refractivity contribution is 6.33. The van der Waals surface area contributed by atoms with E-state index in [9.17, 15) is 4.79 Å². The summed E-state index contributed by atoms with van der Waals surface area (Å²) >= 11 is 6.16. The lowest BCUT2D eigenvalue weighted by Crippen LogP contribution is -2.09. The van der Waals surface area contributed by atoms with Gasteiger partial charge in [0.25, 0.3) is 0 Å². The Kier molecular flexibility index (Phi) is 5.02. The number of carbonyl (C=O) groups excluding carboxylic acids is 1. The van der Waals surface area contributed by atoms with Gasteiger partial charge >= 0.3 is 0 Å². The molecule has 0 aliphatic carbocycles. The summed E-state index contributed by atoms with van der Waals surface area (Å²) < 4.78 is 0. The molecular formula is C16H17ClN2O. The van der Waals surface area contributed by atoms with Gasteiger partial charge in [-0.15, -0.1) is 0 Å². The van der Waals surface area contributed by atoms with Gasteiger partial charge in [0, 0.05) is 18.7 Å². The zero-order chi connectivity index (χ0) is 14.4. The monoisotopic (exact) mass is 288 g/mol. The van der Waals surface area contributed by atoms with Crippen LogP contribution in [0.3, 0.4) is 0 Å². The normalized spacial score (nSPS) is 10.1. The molecule has 2 N–H and O–H groups in total. The highest BCUT2D eigenvalue weighted by Gasteiger charge is 2.04. The van der Waals surface area contributed by atoms with Gasteiger partial charge in [0.2, 0.25) is 5.91 Å². The number of carbonyl (C=O) groups is 1. The topological polar surface area (TPSA) is 41.1 Å². The highest BCUT2D eigenvalue weighted by atomic mass is 35.5. The van der Waals surface area contributed by atoms with Crippen LogP contribution in [0.5, 0.6) is 0 Å². The van der Waals surface area contributed by atoms with Crippen LogP contribution < -0.4 is 10.6 Å². The maximum Gasteiger partial charge on any atom is 0.224 e. The van der Waals surface area contributed by atoms with E-state index in [1.807, 2.05) is 43.3 Å². The van der Waals surface area contributed by atoms with E-state index in [1.165, 1.54) is 5.56 Å². The third-order valence-corrected chi connectivity index (χ3v) is 3.23. The Labute approximate surface area is 124 Å². The molecule has 0 saturated carbocycles. The van der Waals surface area contributed by atoms with Crippen LogP contribution in [-0.2, 0) is 11.3 Å². The van der Waals surface area contributed by atoms with Gasteiger partial charge < -0.3 is 10.6 Å². The molecule has 0 radical (unpaired) electrons. The van der Waals surface area contributed by atoms with Crippen LogP contribution in [-0.4, -0.2) is 5.91 Å². The van der Waals surface area contributed by atoms with Crippen molar-refractivity contribution in [1.29, 1.82) is 0 Å². The second kappa shape index (κ2) is 6.96. The number of amides is 1. The molecule has 3 nitrogen and oxygen atoms in total. The summed E-state index contributed by atoms with van der Waals surface area (Å²) in [6.07, 6.45) is 0.454. The minimum absolute atomic E-state index is 0.0127. The smallest absolute Gasteiger partial charge is 0.224 e. The minimum Gasteiger partial charge on any atom is -0.380 e. The lowest BCUT2D eigenvalue weighted by Gasteiger charge is -2.11. The molecule has 0 aliphatic rings. The molecule has 0 bridgehead atoms. The third kappa shape index (κ3) is 4.00. The second-order valence-corrected chi connectivity index (χ2v) is 4.84. The third-order valence-electron chi connectivity index (χ3n) is 2.90. The maximum atomic E-state index is 11.4. The van der Waals surface area contributed by atoms with Crippen LogP contribution in [0.4, 0.5) is 11.4 Å². The number of nitrogens with one attached hydrogen (secondary N) is 2. The molecule has 0 atom stereocenters. The summed E-state index contributed by atoms with van der Waals surface area (Å²) in [7, 11) is 0. The van der Waals surface area contributed by atoms with Gasteiger partial charge in [-0.2, -0.15) is 0 Å². The van der Waals surface area contributed by atoms with E-state index >= 15 is 0 Å². The summed E-state index contributed by atoms with van der Waals surface area (Å²) in [6.45, 7) is 2.51. The largest absolute Gasteiger partial charge is 0.380 e. The van der Waals surface area contributed by atoms with Crippen LogP contribution >= 0.6 is 11.6 Å². The summed E-state index contributed by atoms with van der Waals surface area (Å²) in [5, 5.41) is 6.73. The maximum absolute atomic E-state index is 11.4. The van der Waals surface area contributed by atoms with Gasteiger partial charge in [-0.3, -0.25) is 4.79 Å². The summed E-state index contributed by atoms with van der Waals surface area (Å²) in [6, 6.07) is 15.5. The number of hydrogen-bond acceptors (Lipinski definition) is 2. The zero-order valence-corrected chi connectivity index (χ0v) is 12.1. The van der Waals surface area contributed by atoms with Crippen molar-refractivity contribution in [1.82, 2.24) is 0 Å². The minimum atomic E-state index is -0.0127. The highest BCUT2D eigenvalue weighted by Crippen LogP contribution is 2.26. The lowest BCUT2D eigenvalue weighted by atomic mass is 10.2. The van der Waals surface area contributed by atoms with Crippen molar-refractivity contribution in [2.75, 3.05) is 10.6 Å². The van der Waals surface area contributed by atoms with E-state index in [4.69, 9.17) is 11.6 Å². The molecule has 0 aromatic heterocycles. The molecule has 0 saturated heterocycles. The molecule has 20 heavy (non-hydrogen) atoms. The van der Waals surface area contributed by atoms with Crippen LogP contribution in [0.25, 0.3) is 0 Å². The van der Waals surface area contributed by atoms with Gasteiger partial charge in [0.1, 0.15) is 0 Å². The fourth-order valence-electron chi connectivity index (χ4n) is 1.78. The van der Waals surface area contributed by atoms with Crippen molar-refractivity contribution >= 4 is 28.9 Å². The first kappa shape index (κ1) is 14.4. The molecule has 0 aliphatic heterocycles. The number of halogens is 1. The van der Waals surface area contributed by atoms with Gasteiger partial charge in [-0.05, 0) is 23.8 Å². The quantitative estimate of drug-likeness (QED) is 0.861. The Morgan fingerprint density at radius 2 is 1.90 bits per heavy atom. The molecule has 2 rings (SSSR count). The fourth-order valence-corrected chi connectivity index (χ4v) is 1.97. The number of rotatable bonds is 5. The fraction of sp³-hybridized carbons (Fsp3) is 0.188. The summed E-state index contributed by atoms with van der Waals surface area (Å²) in [5.41, 5.74) is 2.73. The van der Waals surface area contributed by atoms with Gasteiger partial charge in [0.15, 0.2) is 0 Å². The summed E-state index contributed by atoms with van der Waals surface area (Å²) in [5.74, 6) is -0.0127. The lowest BCUT2D eigenvalue weighted by molar-refractivity contribution is -0.115. The van der Waals surface area contributed by atoms with Crippen molar-refractivity contribution < 1.29 is 4.79 Å². The zero-order valence-electron chi connectivity index (χ0n) is 11.3. The first-order chi connectivity index (χ1) is 9.69. The van der Waals surface area contributed by atoms with E-state index in [0.717, 1.165) is 11.4 Å². The molecule has 0 fully saturated rings. The van der Waals surface area contributed by atoms with Crippen molar-refractivity contribution in [3.63, 3.8) is 0 Å². The van der Waals surface area contributed by atoms with Crippen LogP contribution in [0, 0.1) is 0 Å². The Hall–Kier alpha value is -2.00. The molecule has 4 heteroatoms. The molecule has 0 unspecified atom stereocenters. The predicted molar refractivity (Wildman–Crippen MR) is 84.1 cm³/mol. The number of hydrogen-bond donors (Lipinski definition) is 2. The molecule has 104 valence electrons. The Morgan fingerprint density at radius 1 is 1.15 bits per heavy atom. The molecule has 1 amide bonds. The van der Waals surface area contributed by atoms with Gasteiger partial charge in [-0.25, -0.2) is 0 Å². The first-order valence-corrected chi connectivity index (χ1v) is 6.94. The average molecular weight is 289 g/mol. The van der Waals surface area contributed by atoms with E-state index in [-0.39, 0.29) is 5.91 Å². The van der Waals surface area contributed by atoms with Crippen LogP contribution in [0.15, 0.2) is 48.5 Å². The standard InChI is InChI=1S/C16H17ClN2O/c1-2-16(20)19-13-8-9-14(17)15(10-13)18-11-12-6-4-3-5-7-12/h3-10,18H,2,11H2,1H3,(H,19,20). The Morgan fingerprint density at radius 3 is 2.60 bits per heavy atom. The SMILES string of the molecule is CCC(=O)Nc1ccc(Cl)c(NCc2ccccc2)c1. The van der Waals surface area contributed by atoms with Crippen molar-refractivity contribution in [3.05, 3.63) is 59.1 Å². The van der Waals surface area contributed by atoms with Crippen LogP contribution in [0.1, 0.15) is 18.9 Å². The van der Waals surface area contributed by atoms with Gasteiger partial charge in [0.05, 0.1) is 10.7 Å². The second-order valence-electron chi connectivity index (χ2n) is 4.44. The molecule has 2 aromatic carbocycles. The Bertz CT molecular complexity index is 584. The molecule has 0 heterocycles. The predicted octanol–water partition coefficient (Wildman–Crippen LogP) is 4.30.